The van der Waals surface area contributed by atoms with Crippen LogP contribution in [0.3, 0.4) is 0 Å². The number of carbonyl (C=O) groups excluding carboxylic acids is 1. The number of halogens is 6. The van der Waals surface area contributed by atoms with Crippen LogP contribution in [-0.2, 0) is 28.4 Å². The van der Waals surface area contributed by atoms with Crippen molar-refractivity contribution in [2.45, 2.75) is 88.5 Å². The van der Waals surface area contributed by atoms with E-state index in [1.807, 2.05) is 6.92 Å². The highest BCUT2D eigenvalue weighted by Crippen LogP contribution is 2.38. The third-order valence-corrected chi connectivity index (χ3v) is 9.08. The molecule has 1 aromatic carbocycles. The summed E-state index contributed by atoms with van der Waals surface area (Å²) in [4.78, 5) is 36.7. The van der Waals surface area contributed by atoms with Crippen molar-refractivity contribution < 1.29 is 45.8 Å². The van der Waals surface area contributed by atoms with E-state index in [1.54, 1.807) is 35.6 Å². The Labute approximate surface area is 267 Å². The first-order chi connectivity index (χ1) is 22.1. The number of nitrogens with zero attached hydrogens (tertiary/aromatic N) is 6. The average molecular weight is 671 g/mol. The van der Waals surface area contributed by atoms with Gasteiger partial charge in [0.2, 0.25) is 5.95 Å². The number of hydrogen-bond donors (Lipinski definition) is 1. The summed E-state index contributed by atoms with van der Waals surface area (Å²) in [6.45, 7) is 2.14. The van der Waals surface area contributed by atoms with Crippen molar-refractivity contribution in [2.75, 3.05) is 25.0 Å². The van der Waals surface area contributed by atoms with Crippen LogP contribution in [0.1, 0.15) is 73.6 Å². The number of rotatable bonds is 8. The molecule has 1 unspecified atom stereocenters. The molecule has 47 heavy (non-hydrogen) atoms. The van der Waals surface area contributed by atoms with Crippen LogP contribution in [0.5, 0.6) is 0 Å². The minimum Gasteiger partial charge on any atom is -0.481 e. The fourth-order valence-electron chi connectivity index (χ4n) is 6.47. The highest BCUT2D eigenvalue weighted by atomic mass is 19.4. The van der Waals surface area contributed by atoms with Crippen molar-refractivity contribution in [3.63, 3.8) is 0 Å². The number of hydrazone groups is 1. The molecule has 256 valence electrons. The maximum atomic E-state index is 13.7. The van der Waals surface area contributed by atoms with Crippen LogP contribution in [0.25, 0.3) is 0 Å². The zero-order valence-corrected chi connectivity index (χ0v) is 25.8. The Morgan fingerprint density at radius 2 is 1.60 bits per heavy atom. The number of amides is 1. The summed E-state index contributed by atoms with van der Waals surface area (Å²) in [6, 6.07) is 0.565. The molecule has 5 rings (SSSR count). The number of aliphatic carboxylic acids is 1. The number of likely N-dealkylation sites (N-methyl/N-ethyl adjacent to an activating group) is 1. The fraction of sp³-hybridized carbons (Fsp3) is 0.581. The summed E-state index contributed by atoms with van der Waals surface area (Å²) in [6.07, 6.45) is -3.80. The van der Waals surface area contributed by atoms with Crippen LogP contribution in [0.2, 0.25) is 0 Å². The molecule has 2 aliphatic heterocycles. The van der Waals surface area contributed by atoms with E-state index in [4.69, 9.17) is 4.74 Å². The molecule has 1 aliphatic carbocycles. The fourth-order valence-corrected chi connectivity index (χ4v) is 6.47. The van der Waals surface area contributed by atoms with Gasteiger partial charge in [-0.3, -0.25) is 9.80 Å². The second-order valence-corrected chi connectivity index (χ2v) is 12.4. The Morgan fingerprint density at radius 3 is 2.11 bits per heavy atom. The zero-order valence-electron chi connectivity index (χ0n) is 25.8. The molecular weight excluding hydrogens is 634 g/mol. The van der Waals surface area contributed by atoms with Gasteiger partial charge in [0.15, 0.2) is 0 Å². The third kappa shape index (κ3) is 8.07. The van der Waals surface area contributed by atoms with E-state index in [1.165, 1.54) is 4.90 Å². The number of aromatic nitrogens is 2. The first-order valence-electron chi connectivity index (χ1n) is 15.4. The van der Waals surface area contributed by atoms with Gasteiger partial charge in [0.1, 0.15) is 6.10 Å². The number of ether oxygens (including phenoxy) is 1. The molecule has 3 aliphatic rings. The van der Waals surface area contributed by atoms with Crippen LogP contribution in [-0.4, -0.2) is 81.6 Å². The predicted octanol–water partition coefficient (Wildman–Crippen LogP) is 6.17. The lowest BCUT2D eigenvalue weighted by molar-refractivity contribution is -0.144. The molecule has 1 amide bonds. The van der Waals surface area contributed by atoms with Gasteiger partial charge >= 0.3 is 24.4 Å². The Hall–Kier alpha value is -4.11. The smallest absolute Gasteiger partial charge is 0.416 e. The number of carboxylic acid groups (broad SMARTS) is 1. The van der Waals surface area contributed by atoms with Crippen molar-refractivity contribution in [3.8, 4) is 0 Å². The minimum absolute atomic E-state index is 0.0675. The molecule has 1 N–H and O–H groups in total. The quantitative estimate of drug-likeness (QED) is 0.332. The number of hydrogen-bond acceptors (Lipinski definition) is 8. The van der Waals surface area contributed by atoms with Crippen molar-refractivity contribution in [1.82, 2.24) is 19.9 Å². The topological polar surface area (TPSA) is 111 Å². The molecule has 0 bridgehead atoms. The van der Waals surface area contributed by atoms with E-state index in [2.05, 4.69) is 15.1 Å². The number of carbonyl (C=O) groups is 2. The lowest BCUT2D eigenvalue weighted by Crippen LogP contribution is -2.42. The van der Waals surface area contributed by atoms with Gasteiger partial charge < -0.3 is 19.6 Å². The molecule has 3 atom stereocenters. The summed E-state index contributed by atoms with van der Waals surface area (Å²) in [7, 11) is 1.81. The van der Waals surface area contributed by atoms with Crippen molar-refractivity contribution in [3.05, 3.63) is 52.8 Å². The molecule has 16 heteroatoms. The number of alkyl halides is 6. The Kier molecular flexibility index (Phi) is 9.87. The second kappa shape index (κ2) is 13.6. The normalized spacial score (nSPS) is 24.9. The van der Waals surface area contributed by atoms with Gasteiger partial charge in [0.25, 0.3) is 0 Å². The standard InChI is InChI=1S/C31H36F6N6O4/c1-3-24-11-25(17-43(24)29(46)47-26-6-4-19(5-7-26)27(44)45)42(28-38-12-20(13-39-28)21-14-40-41(2)16-21)15-18-8-22(30(32,33)34)10-23(9-18)31(35,36)37/h8-10,12-14,19,21,24-26H,3-7,11,15-17H2,1-2H3,(H,44,45)/t19-,21?,24-,25+,26+/m1/s1. The van der Waals surface area contributed by atoms with Crippen LogP contribution >= 0.6 is 0 Å². The molecule has 2 aromatic rings. The minimum atomic E-state index is -5.01. The monoisotopic (exact) mass is 670 g/mol. The lowest BCUT2D eigenvalue weighted by atomic mass is 9.87. The van der Waals surface area contributed by atoms with Gasteiger partial charge in [0.05, 0.1) is 23.1 Å². The molecular formula is C31H36F6N6O4. The van der Waals surface area contributed by atoms with E-state index in [0.29, 0.717) is 57.2 Å². The molecule has 10 nitrogen and oxygen atoms in total. The van der Waals surface area contributed by atoms with Gasteiger partial charge in [-0.25, -0.2) is 14.8 Å². The van der Waals surface area contributed by atoms with Gasteiger partial charge in [-0.05, 0) is 67.9 Å². The molecule has 2 fully saturated rings. The Balaban J connectivity index is 1.42. The first kappa shape index (κ1) is 34.2. The van der Waals surface area contributed by atoms with Crippen molar-refractivity contribution >= 4 is 24.2 Å². The van der Waals surface area contributed by atoms with Crippen LogP contribution in [0.15, 0.2) is 35.7 Å². The van der Waals surface area contributed by atoms with Crippen molar-refractivity contribution in [1.29, 1.82) is 0 Å². The Bertz CT molecular complexity index is 1430. The third-order valence-electron chi connectivity index (χ3n) is 9.08. The van der Waals surface area contributed by atoms with E-state index in [9.17, 15) is 41.0 Å². The van der Waals surface area contributed by atoms with Crippen LogP contribution in [0, 0.1) is 5.92 Å². The van der Waals surface area contributed by atoms with E-state index in [0.717, 1.165) is 5.56 Å². The highest BCUT2D eigenvalue weighted by Gasteiger charge is 2.41. The molecule has 3 heterocycles. The van der Waals surface area contributed by atoms with Crippen LogP contribution < -0.4 is 4.90 Å². The van der Waals surface area contributed by atoms with E-state index >= 15 is 0 Å². The molecule has 0 spiro atoms. The summed E-state index contributed by atoms with van der Waals surface area (Å²) in [5.41, 5.74) is -2.36. The van der Waals surface area contributed by atoms with Gasteiger partial charge in [-0.2, -0.15) is 31.4 Å². The molecule has 0 radical (unpaired) electrons. The second-order valence-electron chi connectivity index (χ2n) is 12.4. The largest absolute Gasteiger partial charge is 0.481 e. The zero-order chi connectivity index (χ0) is 34.1. The summed E-state index contributed by atoms with van der Waals surface area (Å²) >= 11 is 0. The van der Waals surface area contributed by atoms with E-state index < -0.39 is 53.6 Å². The highest BCUT2D eigenvalue weighted by molar-refractivity contribution is 5.71. The average Bonchev–Trinajstić information content (AvgIpc) is 3.66. The van der Waals surface area contributed by atoms with Gasteiger partial charge in [-0.15, -0.1) is 0 Å². The summed E-state index contributed by atoms with van der Waals surface area (Å²) < 4.78 is 88.0. The summed E-state index contributed by atoms with van der Waals surface area (Å²) in [5.74, 6) is -1.37. The number of benzene rings is 1. The Morgan fingerprint density at radius 1 is 0.979 bits per heavy atom. The number of carboxylic acids is 1. The predicted molar refractivity (Wildman–Crippen MR) is 158 cm³/mol. The number of anilines is 1. The van der Waals surface area contributed by atoms with Crippen LogP contribution in [0.4, 0.5) is 37.1 Å². The molecule has 1 aromatic heterocycles. The SMILES string of the molecule is CC[C@@H]1C[C@H](N(Cc2cc(C(F)(F)F)cc(C(F)(F)F)c2)c2ncc(C3C=NN(C)C3)cn2)CN1C(=O)O[C@H]1CC[C@@H](C(=O)O)CC1. The van der Waals surface area contributed by atoms with Gasteiger partial charge in [-0.1, -0.05) is 6.92 Å². The number of likely N-dealkylation sites (tertiary alicyclic amines) is 1. The summed E-state index contributed by atoms with van der Waals surface area (Å²) in [5, 5.41) is 15.2. The maximum Gasteiger partial charge on any atom is 0.416 e. The first-order valence-corrected chi connectivity index (χ1v) is 15.4. The maximum absolute atomic E-state index is 13.7. The van der Waals surface area contributed by atoms with Crippen molar-refractivity contribution in [2.24, 2.45) is 11.0 Å². The molecule has 1 saturated carbocycles. The van der Waals surface area contributed by atoms with Gasteiger partial charge in [0, 0.05) is 57.2 Å². The lowest BCUT2D eigenvalue weighted by Gasteiger charge is -2.31. The van der Waals surface area contributed by atoms with E-state index in [-0.39, 0.29) is 42.6 Å². The molecule has 1 saturated heterocycles.